The summed E-state index contributed by atoms with van der Waals surface area (Å²) in [6.45, 7) is 4.17. The number of rotatable bonds is 6. The molecular weight excluding hydrogens is 326 g/mol. The molecule has 1 aliphatic heterocycles. The van der Waals surface area contributed by atoms with E-state index in [9.17, 15) is 9.59 Å². The molecule has 0 aliphatic carbocycles. The molecule has 136 valence electrons. The number of benzene rings is 2. The van der Waals surface area contributed by atoms with Crippen molar-refractivity contribution in [1.82, 2.24) is 5.32 Å². The summed E-state index contributed by atoms with van der Waals surface area (Å²) in [6.07, 6.45) is 2.75. The van der Waals surface area contributed by atoms with E-state index < -0.39 is 0 Å². The lowest BCUT2D eigenvalue weighted by atomic mass is 10.1. The van der Waals surface area contributed by atoms with Crippen LogP contribution in [0.4, 0.5) is 11.4 Å². The average molecular weight is 351 g/mol. The third kappa shape index (κ3) is 5.09. The molecule has 5 heteroatoms. The Morgan fingerprint density at radius 1 is 0.923 bits per heavy atom. The van der Waals surface area contributed by atoms with Gasteiger partial charge in [-0.25, -0.2) is 0 Å². The summed E-state index contributed by atoms with van der Waals surface area (Å²) in [6, 6.07) is 15.7. The van der Waals surface area contributed by atoms with E-state index in [0.717, 1.165) is 29.9 Å². The number of aryl methyl sites for hydroxylation is 1. The first-order valence-electron chi connectivity index (χ1n) is 9.07. The van der Waals surface area contributed by atoms with Gasteiger partial charge >= 0.3 is 0 Å². The Bertz CT molecular complexity index is 748. The number of hydrogen-bond acceptors (Lipinski definition) is 3. The van der Waals surface area contributed by atoms with E-state index in [-0.39, 0.29) is 24.8 Å². The monoisotopic (exact) mass is 351 g/mol. The van der Waals surface area contributed by atoms with Crippen molar-refractivity contribution in [2.45, 2.75) is 26.2 Å². The number of carbonyl (C=O) groups is 2. The Morgan fingerprint density at radius 2 is 1.58 bits per heavy atom. The maximum Gasteiger partial charge on any atom is 0.243 e. The van der Waals surface area contributed by atoms with E-state index >= 15 is 0 Å². The Labute approximate surface area is 154 Å². The van der Waals surface area contributed by atoms with Gasteiger partial charge < -0.3 is 15.5 Å². The van der Waals surface area contributed by atoms with E-state index in [4.69, 9.17) is 0 Å². The maximum atomic E-state index is 12.0. The standard InChI is InChI=1S/C21H25N3O2/c1-16-4-6-17(7-5-16)14-20(25)22-15-21(26)23-18-8-10-19(11-9-18)24-12-2-3-13-24/h4-11H,2-3,12-15H2,1H3,(H,22,25)(H,23,26). The van der Waals surface area contributed by atoms with Gasteiger partial charge in [-0.1, -0.05) is 29.8 Å². The quantitative estimate of drug-likeness (QED) is 0.841. The Morgan fingerprint density at radius 3 is 2.23 bits per heavy atom. The van der Waals surface area contributed by atoms with Crippen molar-refractivity contribution < 1.29 is 9.59 Å². The largest absolute Gasteiger partial charge is 0.372 e. The lowest BCUT2D eigenvalue weighted by molar-refractivity contribution is -0.123. The first-order valence-corrected chi connectivity index (χ1v) is 9.07. The molecule has 0 bridgehead atoms. The van der Waals surface area contributed by atoms with E-state index in [1.165, 1.54) is 18.5 Å². The third-order valence-electron chi connectivity index (χ3n) is 4.55. The SMILES string of the molecule is Cc1ccc(CC(=O)NCC(=O)Nc2ccc(N3CCCC3)cc2)cc1. The number of nitrogens with one attached hydrogen (secondary N) is 2. The minimum atomic E-state index is -0.226. The van der Waals surface area contributed by atoms with Crippen LogP contribution in [0.15, 0.2) is 48.5 Å². The van der Waals surface area contributed by atoms with Crippen LogP contribution < -0.4 is 15.5 Å². The van der Waals surface area contributed by atoms with Crippen LogP contribution in [-0.4, -0.2) is 31.4 Å². The number of carbonyl (C=O) groups excluding carboxylic acids is 2. The second-order valence-corrected chi connectivity index (χ2v) is 6.73. The number of nitrogens with zero attached hydrogens (tertiary/aromatic N) is 1. The van der Waals surface area contributed by atoms with E-state index in [2.05, 4.69) is 15.5 Å². The van der Waals surface area contributed by atoms with Gasteiger partial charge in [-0.2, -0.15) is 0 Å². The highest BCUT2D eigenvalue weighted by molar-refractivity contribution is 5.94. The molecule has 0 aromatic heterocycles. The second-order valence-electron chi connectivity index (χ2n) is 6.73. The molecule has 2 N–H and O–H groups in total. The van der Waals surface area contributed by atoms with Gasteiger partial charge in [0.15, 0.2) is 0 Å². The summed E-state index contributed by atoms with van der Waals surface area (Å²) in [5.41, 5.74) is 4.02. The molecule has 0 atom stereocenters. The molecule has 1 aliphatic rings. The molecule has 26 heavy (non-hydrogen) atoms. The zero-order valence-corrected chi connectivity index (χ0v) is 15.1. The highest BCUT2D eigenvalue weighted by atomic mass is 16.2. The predicted molar refractivity (Wildman–Crippen MR) is 104 cm³/mol. The van der Waals surface area contributed by atoms with Crippen molar-refractivity contribution in [3.63, 3.8) is 0 Å². The van der Waals surface area contributed by atoms with Crippen LogP contribution in [0.5, 0.6) is 0 Å². The molecule has 1 saturated heterocycles. The van der Waals surface area contributed by atoms with E-state index in [1.807, 2.05) is 55.5 Å². The molecule has 1 heterocycles. The Kier molecular flexibility index (Phi) is 5.89. The van der Waals surface area contributed by atoms with Crippen molar-refractivity contribution in [2.24, 2.45) is 0 Å². The fourth-order valence-electron chi connectivity index (χ4n) is 3.07. The molecular formula is C21H25N3O2. The summed E-state index contributed by atoms with van der Waals surface area (Å²) in [5.74, 6) is -0.385. The van der Waals surface area contributed by atoms with Crippen molar-refractivity contribution in [3.05, 3.63) is 59.7 Å². The smallest absolute Gasteiger partial charge is 0.243 e. The van der Waals surface area contributed by atoms with Crippen molar-refractivity contribution in [2.75, 3.05) is 29.9 Å². The van der Waals surface area contributed by atoms with Gasteiger partial charge in [0.2, 0.25) is 11.8 Å². The maximum absolute atomic E-state index is 12.0. The zero-order chi connectivity index (χ0) is 18.4. The third-order valence-corrected chi connectivity index (χ3v) is 4.55. The molecule has 1 fully saturated rings. The number of hydrogen-bond donors (Lipinski definition) is 2. The average Bonchev–Trinajstić information content (AvgIpc) is 3.17. The summed E-state index contributed by atoms with van der Waals surface area (Å²) < 4.78 is 0. The van der Waals surface area contributed by atoms with Crippen LogP contribution in [0.1, 0.15) is 24.0 Å². The van der Waals surface area contributed by atoms with Crippen LogP contribution in [0.2, 0.25) is 0 Å². The summed E-state index contributed by atoms with van der Waals surface area (Å²) >= 11 is 0. The van der Waals surface area contributed by atoms with Crippen molar-refractivity contribution >= 4 is 23.2 Å². The number of amides is 2. The fourth-order valence-corrected chi connectivity index (χ4v) is 3.07. The van der Waals surface area contributed by atoms with Crippen LogP contribution >= 0.6 is 0 Å². The van der Waals surface area contributed by atoms with Gasteiger partial charge in [-0.05, 0) is 49.6 Å². The first kappa shape index (κ1) is 18.0. The van der Waals surface area contributed by atoms with Crippen LogP contribution in [0.3, 0.4) is 0 Å². The molecule has 0 saturated carbocycles. The normalized spacial score (nSPS) is 13.5. The minimum absolute atomic E-state index is 0.0292. The molecule has 0 radical (unpaired) electrons. The van der Waals surface area contributed by atoms with E-state index in [1.54, 1.807) is 0 Å². The van der Waals surface area contributed by atoms with Crippen molar-refractivity contribution in [3.8, 4) is 0 Å². The van der Waals surface area contributed by atoms with Gasteiger partial charge in [0.05, 0.1) is 13.0 Å². The summed E-state index contributed by atoms with van der Waals surface area (Å²) in [7, 11) is 0. The van der Waals surface area contributed by atoms with Gasteiger partial charge in [-0.3, -0.25) is 9.59 Å². The lowest BCUT2D eigenvalue weighted by Crippen LogP contribution is -2.33. The molecule has 2 aromatic carbocycles. The van der Waals surface area contributed by atoms with E-state index in [0.29, 0.717) is 0 Å². The molecule has 2 aromatic rings. The lowest BCUT2D eigenvalue weighted by Gasteiger charge is -2.17. The zero-order valence-electron chi connectivity index (χ0n) is 15.1. The molecule has 2 amide bonds. The van der Waals surface area contributed by atoms with Crippen LogP contribution in [0, 0.1) is 6.92 Å². The topological polar surface area (TPSA) is 61.4 Å². The Balaban J connectivity index is 1.43. The predicted octanol–water partition coefficient (Wildman–Crippen LogP) is 2.89. The molecule has 3 rings (SSSR count). The number of anilines is 2. The molecule has 0 unspecified atom stereocenters. The van der Waals surface area contributed by atoms with Gasteiger partial charge in [0.25, 0.3) is 0 Å². The van der Waals surface area contributed by atoms with Gasteiger partial charge in [-0.15, -0.1) is 0 Å². The van der Waals surface area contributed by atoms with Gasteiger partial charge in [0.1, 0.15) is 0 Å². The molecule has 0 spiro atoms. The Hall–Kier alpha value is -2.82. The minimum Gasteiger partial charge on any atom is -0.372 e. The summed E-state index contributed by atoms with van der Waals surface area (Å²) in [5, 5.41) is 5.48. The highest BCUT2D eigenvalue weighted by Gasteiger charge is 2.12. The first-order chi connectivity index (χ1) is 12.6. The molecule has 5 nitrogen and oxygen atoms in total. The second kappa shape index (κ2) is 8.52. The van der Waals surface area contributed by atoms with Gasteiger partial charge in [0, 0.05) is 24.5 Å². The highest BCUT2D eigenvalue weighted by Crippen LogP contribution is 2.21. The summed E-state index contributed by atoms with van der Waals surface area (Å²) in [4.78, 5) is 26.3. The van der Waals surface area contributed by atoms with Crippen LogP contribution in [-0.2, 0) is 16.0 Å². The van der Waals surface area contributed by atoms with Crippen molar-refractivity contribution in [1.29, 1.82) is 0 Å². The van der Waals surface area contributed by atoms with Crippen LogP contribution in [0.25, 0.3) is 0 Å². The fraction of sp³-hybridized carbons (Fsp3) is 0.333.